The average molecular weight is 314 g/mol. The highest BCUT2D eigenvalue weighted by Gasteiger charge is 2.20. The third kappa shape index (κ3) is 3.90. The van der Waals surface area contributed by atoms with E-state index >= 15 is 0 Å². The van der Waals surface area contributed by atoms with Crippen LogP contribution in [-0.2, 0) is 10.0 Å². The summed E-state index contributed by atoms with van der Waals surface area (Å²) in [6, 6.07) is 3.47. The highest BCUT2D eigenvalue weighted by atomic mass is 32.2. The molecule has 0 aliphatic carbocycles. The van der Waals surface area contributed by atoms with Gasteiger partial charge < -0.3 is 10.6 Å². The van der Waals surface area contributed by atoms with Gasteiger partial charge >= 0.3 is 0 Å². The molecule has 0 bridgehead atoms. The lowest BCUT2D eigenvalue weighted by Gasteiger charge is -2.14. The first-order valence-corrected chi connectivity index (χ1v) is 8.14. The van der Waals surface area contributed by atoms with Gasteiger partial charge in [0.1, 0.15) is 5.69 Å². The number of rotatable bonds is 6. The summed E-state index contributed by atoms with van der Waals surface area (Å²) in [6.45, 7) is 2.88. The van der Waals surface area contributed by atoms with E-state index in [-0.39, 0.29) is 17.1 Å². The van der Waals surface area contributed by atoms with E-state index in [2.05, 4.69) is 9.62 Å². The third-order valence-corrected chi connectivity index (χ3v) is 4.89. The molecule has 2 rings (SSSR count). The van der Waals surface area contributed by atoms with Crippen molar-refractivity contribution in [2.75, 3.05) is 31.9 Å². The summed E-state index contributed by atoms with van der Waals surface area (Å²) in [5, 5.41) is 10.8. The van der Waals surface area contributed by atoms with Gasteiger partial charge in [-0.3, -0.25) is 10.1 Å². The van der Waals surface area contributed by atoms with Crippen LogP contribution in [0.3, 0.4) is 0 Å². The van der Waals surface area contributed by atoms with Gasteiger partial charge in [-0.05, 0) is 38.1 Å². The molecule has 1 aromatic carbocycles. The normalized spacial score (nSPS) is 16.2. The lowest BCUT2D eigenvalue weighted by atomic mass is 10.3. The van der Waals surface area contributed by atoms with Gasteiger partial charge in [0.15, 0.2) is 0 Å². The third-order valence-electron chi connectivity index (χ3n) is 3.43. The van der Waals surface area contributed by atoms with Crippen LogP contribution >= 0.6 is 0 Å². The maximum atomic E-state index is 12.1. The Balaban J connectivity index is 2.04. The lowest BCUT2D eigenvalue weighted by Crippen LogP contribution is -2.33. The summed E-state index contributed by atoms with van der Waals surface area (Å²) < 4.78 is 26.7. The molecule has 3 N–H and O–H groups in total. The van der Waals surface area contributed by atoms with Crippen molar-refractivity contribution in [2.45, 2.75) is 17.7 Å². The molecule has 0 aromatic heterocycles. The highest BCUT2D eigenvalue weighted by molar-refractivity contribution is 7.89. The summed E-state index contributed by atoms with van der Waals surface area (Å²) >= 11 is 0. The number of nitro groups is 1. The van der Waals surface area contributed by atoms with E-state index in [1.165, 1.54) is 12.1 Å². The predicted molar refractivity (Wildman–Crippen MR) is 78.4 cm³/mol. The number of anilines is 1. The van der Waals surface area contributed by atoms with Gasteiger partial charge in [0.2, 0.25) is 10.0 Å². The summed E-state index contributed by atoms with van der Waals surface area (Å²) in [4.78, 5) is 12.1. The first-order chi connectivity index (χ1) is 9.90. The molecule has 21 heavy (non-hydrogen) atoms. The van der Waals surface area contributed by atoms with E-state index < -0.39 is 20.6 Å². The summed E-state index contributed by atoms with van der Waals surface area (Å²) in [6.07, 6.45) is 2.27. The van der Waals surface area contributed by atoms with Crippen LogP contribution in [0.25, 0.3) is 0 Å². The van der Waals surface area contributed by atoms with Crippen molar-refractivity contribution in [3.05, 3.63) is 28.3 Å². The number of sulfonamides is 1. The van der Waals surface area contributed by atoms with Crippen LogP contribution < -0.4 is 10.5 Å². The van der Waals surface area contributed by atoms with E-state index in [9.17, 15) is 18.5 Å². The van der Waals surface area contributed by atoms with E-state index in [4.69, 9.17) is 5.73 Å². The number of nitrogen functional groups attached to an aromatic ring is 1. The minimum atomic E-state index is -3.76. The van der Waals surface area contributed by atoms with Gasteiger partial charge in [-0.1, -0.05) is 0 Å². The standard InChI is InChI=1S/C12H18N4O4S/c13-11-4-3-10(9-12(11)16(17)18)21(19,20)14-5-8-15-6-1-2-7-15/h3-4,9,14H,1-2,5-8,13H2. The summed E-state index contributed by atoms with van der Waals surface area (Å²) in [7, 11) is -3.76. The monoisotopic (exact) mass is 314 g/mol. The summed E-state index contributed by atoms with van der Waals surface area (Å²) in [5.74, 6) is 0. The molecule has 0 atom stereocenters. The molecule has 8 nitrogen and oxygen atoms in total. The lowest BCUT2D eigenvalue weighted by molar-refractivity contribution is -0.384. The zero-order valence-corrected chi connectivity index (χ0v) is 12.3. The van der Waals surface area contributed by atoms with Crippen molar-refractivity contribution in [3.63, 3.8) is 0 Å². The van der Waals surface area contributed by atoms with Gasteiger partial charge in [-0.15, -0.1) is 0 Å². The van der Waals surface area contributed by atoms with Crippen LogP contribution in [0.4, 0.5) is 11.4 Å². The molecule has 1 fully saturated rings. The Hall–Kier alpha value is -1.71. The van der Waals surface area contributed by atoms with Crippen molar-refractivity contribution in [1.29, 1.82) is 0 Å². The molecular formula is C12H18N4O4S. The molecule has 0 unspecified atom stereocenters. The van der Waals surface area contributed by atoms with Gasteiger partial charge in [-0.25, -0.2) is 13.1 Å². The Morgan fingerprint density at radius 2 is 2.00 bits per heavy atom. The number of nitrogens with zero attached hydrogens (tertiary/aromatic N) is 2. The van der Waals surface area contributed by atoms with E-state index in [1.807, 2.05) is 0 Å². The minimum Gasteiger partial charge on any atom is -0.393 e. The van der Waals surface area contributed by atoms with Crippen molar-refractivity contribution < 1.29 is 13.3 Å². The molecule has 1 saturated heterocycles. The van der Waals surface area contributed by atoms with Crippen LogP contribution in [0.5, 0.6) is 0 Å². The molecular weight excluding hydrogens is 296 g/mol. The second-order valence-corrected chi connectivity index (χ2v) is 6.69. The van der Waals surface area contributed by atoms with Crippen molar-refractivity contribution >= 4 is 21.4 Å². The average Bonchev–Trinajstić information content (AvgIpc) is 2.91. The first kappa shape index (κ1) is 15.7. The van der Waals surface area contributed by atoms with Crippen molar-refractivity contribution in [1.82, 2.24) is 9.62 Å². The number of nitro benzene ring substituents is 1. The van der Waals surface area contributed by atoms with E-state index in [1.54, 1.807) is 0 Å². The molecule has 0 spiro atoms. The topological polar surface area (TPSA) is 119 Å². The Morgan fingerprint density at radius 3 is 2.62 bits per heavy atom. The Morgan fingerprint density at radius 1 is 1.33 bits per heavy atom. The van der Waals surface area contributed by atoms with Crippen LogP contribution in [0.2, 0.25) is 0 Å². The summed E-state index contributed by atoms with van der Waals surface area (Å²) in [5.41, 5.74) is 4.99. The van der Waals surface area contributed by atoms with E-state index in [0.29, 0.717) is 6.54 Å². The minimum absolute atomic E-state index is 0.0592. The molecule has 0 radical (unpaired) electrons. The molecule has 0 amide bonds. The Bertz CT molecular complexity index is 626. The van der Waals surface area contributed by atoms with Crippen molar-refractivity contribution in [2.24, 2.45) is 0 Å². The van der Waals surface area contributed by atoms with E-state index in [0.717, 1.165) is 32.0 Å². The number of benzene rings is 1. The smallest absolute Gasteiger partial charge is 0.293 e. The number of nitrogens with one attached hydrogen (secondary N) is 1. The maximum absolute atomic E-state index is 12.1. The molecule has 116 valence electrons. The van der Waals surface area contributed by atoms with Gasteiger partial charge in [0.05, 0.1) is 9.82 Å². The van der Waals surface area contributed by atoms with Crippen LogP contribution in [0.1, 0.15) is 12.8 Å². The highest BCUT2D eigenvalue weighted by Crippen LogP contribution is 2.24. The predicted octanol–water partition coefficient (Wildman–Crippen LogP) is 0.551. The molecule has 1 aromatic rings. The zero-order chi connectivity index (χ0) is 15.5. The Kier molecular flexibility index (Phi) is 4.76. The van der Waals surface area contributed by atoms with Crippen LogP contribution in [0, 0.1) is 10.1 Å². The fraction of sp³-hybridized carbons (Fsp3) is 0.500. The molecule has 0 saturated carbocycles. The van der Waals surface area contributed by atoms with Crippen molar-refractivity contribution in [3.8, 4) is 0 Å². The first-order valence-electron chi connectivity index (χ1n) is 6.66. The number of hydrogen-bond donors (Lipinski definition) is 2. The van der Waals surface area contributed by atoms with Gasteiger partial charge in [0, 0.05) is 19.2 Å². The molecule has 1 heterocycles. The SMILES string of the molecule is Nc1ccc(S(=O)(=O)NCCN2CCCC2)cc1[N+](=O)[O-]. The van der Waals surface area contributed by atoms with Gasteiger partial charge in [0.25, 0.3) is 5.69 Å². The number of nitrogens with two attached hydrogens (primary N) is 1. The number of hydrogen-bond acceptors (Lipinski definition) is 6. The largest absolute Gasteiger partial charge is 0.393 e. The number of likely N-dealkylation sites (tertiary alicyclic amines) is 1. The van der Waals surface area contributed by atoms with Gasteiger partial charge in [-0.2, -0.15) is 0 Å². The molecule has 9 heteroatoms. The fourth-order valence-electron chi connectivity index (χ4n) is 2.28. The maximum Gasteiger partial charge on any atom is 0.293 e. The molecule has 1 aliphatic rings. The second kappa shape index (κ2) is 6.37. The quantitative estimate of drug-likeness (QED) is 0.450. The Labute approximate surface area is 123 Å². The van der Waals surface area contributed by atoms with Crippen LogP contribution in [0.15, 0.2) is 23.1 Å². The fourth-order valence-corrected chi connectivity index (χ4v) is 3.32. The second-order valence-electron chi connectivity index (χ2n) is 4.92. The zero-order valence-electron chi connectivity index (χ0n) is 11.5. The van der Waals surface area contributed by atoms with Crippen LogP contribution in [-0.4, -0.2) is 44.4 Å². The molecule has 1 aliphatic heterocycles.